The molecule has 0 atom stereocenters. The molecule has 0 aliphatic carbocycles. The van der Waals surface area contributed by atoms with Crippen LogP contribution in [0, 0.1) is 0 Å². The molecule has 0 fully saturated rings. The molecular weight excluding hydrogens is 294 g/mol. The van der Waals surface area contributed by atoms with Crippen LogP contribution in [0.5, 0.6) is 5.75 Å². The van der Waals surface area contributed by atoms with Gasteiger partial charge in [-0.2, -0.15) is 0 Å². The van der Waals surface area contributed by atoms with E-state index in [0.717, 1.165) is 5.56 Å². The van der Waals surface area contributed by atoms with Crippen molar-refractivity contribution in [2.24, 2.45) is 0 Å². The first-order valence-corrected chi connectivity index (χ1v) is 7.66. The van der Waals surface area contributed by atoms with E-state index in [1.807, 2.05) is 45.9 Å². The Kier molecular flexibility index (Phi) is 6.24. The number of halogens is 1. The highest BCUT2D eigenvalue weighted by molar-refractivity contribution is 7.76. The fourth-order valence-corrected chi connectivity index (χ4v) is 2.68. The average Bonchev–Trinajstić information content (AvgIpc) is 2.38. The van der Waals surface area contributed by atoms with Crippen molar-refractivity contribution in [2.75, 3.05) is 13.1 Å². The van der Waals surface area contributed by atoms with Crippen LogP contribution in [-0.4, -0.2) is 28.9 Å². The van der Waals surface area contributed by atoms with Crippen molar-refractivity contribution < 1.29 is 14.0 Å². The summed E-state index contributed by atoms with van der Waals surface area (Å²) >= 11 is 11.1. The second kappa shape index (κ2) is 7.25. The minimum Gasteiger partial charge on any atom is -0.675 e. The van der Waals surface area contributed by atoms with Crippen molar-refractivity contribution in [3.63, 3.8) is 0 Å². The summed E-state index contributed by atoms with van der Waals surface area (Å²) in [6.07, 6.45) is 0.0775. The molecule has 0 aromatic heterocycles. The Morgan fingerprint density at radius 1 is 1.35 bits per heavy atom. The van der Waals surface area contributed by atoms with Gasteiger partial charge in [0.2, 0.25) is 0 Å². The predicted molar refractivity (Wildman–Crippen MR) is 85.0 cm³/mol. The highest BCUT2D eigenvalue weighted by atomic mass is 35.5. The summed E-state index contributed by atoms with van der Waals surface area (Å²) in [5.41, 5.74) is 0.994. The zero-order valence-corrected chi connectivity index (χ0v) is 14.1. The van der Waals surface area contributed by atoms with Gasteiger partial charge >= 0.3 is 0 Å². The standard InChI is InChI=1S/C15H22ClNO2S/c1-5-17(6-2,15(18)20)10-12-7-8-14(13(16)9-12)19-11(3)4/h7-9,11H,5-6,10H2,1-4H3. The molecule has 0 saturated heterocycles. The normalized spacial score (nSPS) is 11.7. The lowest BCUT2D eigenvalue weighted by Gasteiger charge is -2.37. The molecule has 3 nitrogen and oxygen atoms in total. The molecule has 0 unspecified atom stereocenters. The first-order chi connectivity index (χ1) is 9.34. The Morgan fingerprint density at radius 3 is 2.35 bits per heavy atom. The molecule has 1 aromatic rings. The second-order valence-electron chi connectivity index (χ2n) is 5.13. The molecule has 20 heavy (non-hydrogen) atoms. The van der Waals surface area contributed by atoms with E-state index in [1.165, 1.54) is 0 Å². The summed E-state index contributed by atoms with van der Waals surface area (Å²) in [6, 6.07) is 5.65. The number of carbonyl (C=O) groups is 1. The van der Waals surface area contributed by atoms with Gasteiger partial charge in [0.1, 0.15) is 12.3 Å². The number of hydrogen-bond donors (Lipinski definition) is 0. The van der Waals surface area contributed by atoms with E-state index < -0.39 is 0 Å². The van der Waals surface area contributed by atoms with E-state index >= 15 is 0 Å². The Bertz CT molecular complexity index is 473. The molecule has 0 aliphatic heterocycles. The third kappa shape index (κ3) is 4.08. The van der Waals surface area contributed by atoms with Crippen LogP contribution in [0.2, 0.25) is 5.02 Å². The molecule has 112 valence electrons. The third-order valence-electron chi connectivity index (χ3n) is 3.44. The number of quaternary nitrogens is 1. The summed E-state index contributed by atoms with van der Waals surface area (Å²) in [5.74, 6) is 0.668. The van der Waals surface area contributed by atoms with Gasteiger partial charge in [-0.15, -0.1) is 0 Å². The molecular formula is C15H22ClNO2S. The molecule has 0 radical (unpaired) electrons. The molecule has 0 N–H and O–H groups in total. The zero-order chi connectivity index (χ0) is 15.3. The fourth-order valence-electron chi connectivity index (χ4n) is 2.11. The Labute approximate surface area is 131 Å². The van der Waals surface area contributed by atoms with Crippen molar-refractivity contribution in [1.29, 1.82) is 0 Å². The number of rotatable bonds is 6. The van der Waals surface area contributed by atoms with Crippen molar-refractivity contribution in [2.45, 2.75) is 40.3 Å². The molecule has 0 heterocycles. The summed E-state index contributed by atoms with van der Waals surface area (Å²) in [6.45, 7) is 9.79. The van der Waals surface area contributed by atoms with Crippen LogP contribution in [0.25, 0.3) is 0 Å². The maximum absolute atomic E-state index is 11.8. The van der Waals surface area contributed by atoms with Crippen LogP contribution >= 0.6 is 11.6 Å². The first-order valence-electron chi connectivity index (χ1n) is 6.87. The molecule has 0 aliphatic rings. The van der Waals surface area contributed by atoms with E-state index in [-0.39, 0.29) is 15.8 Å². The summed E-state index contributed by atoms with van der Waals surface area (Å²) in [5, 5.41) is 0.340. The quantitative estimate of drug-likeness (QED) is 0.582. The second-order valence-corrected chi connectivity index (χ2v) is 5.89. The lowest BCUT2D eigenvalue weighted by molar-refractivity contribution is -0.854. The predicted octanol–water partition coefficient (Wildman–Crippen LogP) is 4.15. The van der Waals surface area contributed by atoms with Gasteiger partial charge in [0.25, 0.3) is 0 Å². The third-order valence-corrected chi connectivity index (χ3v) is 4.12. The Balaban J connectivity index is 2.98. The van der Waals surface area contributed by atoms with Crippen molar-refractivity contribution in [3.8, 4) is 5.75 Å². The molecule has 0 bridgehead atoms. The number of hydrogen-bond acceptors (Lipinski definition) is 3. The lowest BCUT2D eigenvalue weighted by atomic mass is 10.1. The van der Waals surface area contributed by atoms with Crippen LogP contribution in [0.1, 0.15) is 33.3 Å². The smallest absolute Gasteiger partial charge is 0.199 e. The lowest BCUT2D eigenvalue weighted by Crippen LogP contribution is -2.50. The fraction of sp³-hybridized carbons (Fsp3) is 0.533. The van der Waals surface area contributed by atoms with Gasteiger partial charge in [0.15, 0.2) is 5.24 Å². The number of carbonyl (C=O) groups excluding carboxylic acids is 1. The molecule has 5 heteroatoms. The van der Waals surface area contributed by atoms with Gasteiger partial charge in [0.05, 0.1) is 24.2 Å². The maximum Gasteiger partial charge on any atom is 0.199 e. The SMILES string of the molecule is CC[N+](CC)(Cc1ccc(OC(C)C)c(Cl)c1)C(=O)[S-]. The molecule has 1 rings (SSSR count). The molecule has 1 amide bonds. The van der Waals surface area contributed by atoms with Crippen LogP contribution in [0.3, 0.4) is 0 Å². The Morgan fingerprint density at radius 2 is 1.95 bits per heavy atom. The maximum atomic E-state index is 11.8. The Hall–Kier alpha value is -0.840. The largest absolute Gasteiger partial charge is 0.675 e. The van der Waals surface area contributed by atoms with Crippen molar-refractivity contribution >= 4 is 29.5 Å². The number of nitrogens with zero attached hydrogens (tertiary/aromatic N) is 1. The average molecular weight is 316 g/mol. The van der Waals surface area contributed by atoms with E-state index in [1.54, 1.807) is 0 Å². The highest BCUT2D eigenvalue weighted by Crippen LogP contribution is 2.28. The molecule has 0 spiro atoms. The van der Waals surface area contributed by atoms with Crippen LogP contribution in [0.4, 0.5) is 4.79 Å². The van der Waals surface area contributed by atoms with Gasteiger partial charge in [-0.05, 0) is 45.9 Å². The minimum absolute atomic E-state index is 0.0775. The van der Waals surface area contributed by atoms with E-state index in [0.29, 0.717) is 30.4 Å². The van der Waals surface area contributed by atoms with Crippen LogP contribution in [-0.2, 0) is 19.2 Å². The van der Waals surface area contributed by atoms with Crippen molar-refractivity contribution in [3.05, 3.63) is 28.8 Å². The van der Waals surface area contributed by atoms with Gasteiger partial charge in [-0.3, -0.25) is 9.28 Å². The van der Waals surface area contributed by atoms with E-state index in [9.17, 15) is 4.79 Å². The summed E-state index contributed by atoms with van der Waals surface area (Å²) < 4.78 is 5.87. The van der Waals surface area contributed by atoms with Gasteiger partial charge in [-0.1, -0.05) is 11.6 Å². The molecule has 1 aromatic carbocycles. The minimum atomic E-state index is -0.228. The van der Waals surface area contributed by atoms with Crippen LogP contribution < -0.4 is 4.74 Å². The summed E-state index contributed by atoms with van der Waals surface area (Å²) in [7, 11) is 0. The van der Waals surface area contributed by atoms with Gasteiger partial charge in [0, 0.05) is 5.56 Å². The van der Waals surface area contributed by atoms with E-state index in [4.69, 9.17) is 29.0 Å². The molecule has 0 saturated carbocycles. The monoisotopic (exact) mass is 315 g/mol. The van der Waals surface area contributed by atoms with Gasteiger partial charge < -0.3 is 17.4 Å². The summed E-state index contributed by atoms with van der Waals surface area (Å²) in [4.78, 5) is 11.8. The number of benzene rings is 1. The highest BCUT2D eigenvalue weighted by Gasteiger charge is 2.25. The topological polar surface area (TPSA) is 26.3 Å². The van der Waals surface area contributed by atoms with Crippen LogP contribution in [0.15, 0.2) is 18.2 Å². The van der Waals surface area contributed by atoms with Gasteiger partial charge in [-0.25, -0.2) is 0 Å². The van der Waals surface area contributed by atoms with Crippen molar-refractivity contribution in [1.82, 2.24) is 0 Å². The number of amides is 1. The van der Waals surface area contributed by atoms with E-state index in [2.05, 4.69) is 0 Å². The first kappa shape index (κ1) is 17.2. The number of ether oxygens (including phenoxy) is 1. The zero-order valence-electron chi connectivity index (χ0n) is 12.5.